The van der Waals surface area contributed by atoms with Crippen LogP contribution in [0, 0.1) is 5.92 Å². The number of benzene rings is 1. The zero-order valence-corrected chi connectivity index (χ0v) is 14.9. The molecule has 1 amide bonds. The number of Topliss-reactive ketones (excluding diaryl/α,β-unsaturated/α-hetero) is 1. The SMILES string of the molecule is CS(=O)(=O)NC1CC2OC=C(NC=O)C(=O)C2CC1Oc1ccccc1. The molecule has 2 N–H and O–H groups in total. The molecular formula is C17H20N2O6S. The number of fused-ring (bicyclic) bond motifs is 1. The number of ketones is 1. The van der Waals surface area contributed by atoms with E-state index >= 15 is 0 Å². The summed E-state index contributed by atoms with van der Waals surface area (Å²) in [6.07, 6.45) is 2.24. The predicted octanol–water partition coefficient (Wildman–Crippen LogP) is 0.317. The molecule has 26 heavy (non-hydrogen) atoms. The quantitative estimate of drug-likeness (QED) is 0.688. The Labute approximate surface area is 151 Å². The lowest BCUT2D eigenvalue weighted by molar-refractivity contribution is -0.131. The third-order valence-corrected chi connectivity index (χ3v) is 5.17. The summed E-state index contributed by atoms with van der Waals surface area (Å²) in [6.45, 7) is 0. The lowest BCUT2D eigenvalue weighted by atomic mass is 9.78. The first-order valence-electron chi connectivity index (χ1n) is 8.16. The molecule has 2 aliphatic rings. The van der Waals surface area contributed by atoms with Crippen LogP contribution in [0.3, 0.4) is 0 Å². The summed E-state index contributed by atoms with van der Waals surface area (Å²) >= 11 is 0. The lowest BCUT2D eigenvalue weighted by Gasteiger charge is -2.41. The fraction of sp³-hybridized carbons (Fsp3) is 0.412. The van der Waals surface area contributed by atoms with Crippen molar-refractivity contribution >= 4 is 22.2 Å². The first-order valence-corrected chi connectivity index (χ1v) is 10.1. The van der Waals surface area contributed by atoms with Gasteiger partial charge in [0.05, 0.1) is 18.2 Å². The summed E-state index contributed by atoms with van der Waals surface area (Å²) in [5, 5.41) is 2.33. The zero-order chi connectivity index (χ0) is 18.7. The van der Waals surface area contributed by atoms with E-state index in [9.17, 15) is 18.0 Å². The molecule has 140 valence electrons. The molecule has 0 bridgehead atoms. The fourth-order valence-electron chi connectivity index (χ4n) is 3.34. The number of amides is 1. The normalized spacial score (nSPS) is 28.3. The van der Waals surface area contributed by atoms with Gasteiger partial charge in [-0.05, 0) is 18.6 Å². The molecular weight excluding hydrogens is 360 g/mol. The van der Waals surface area contributed by atoms with Crippen LogP contribution in [-0.4, -0.2) is 45.1 Å². The van der Waals surface area contributed by atoms with Crippen LogP contribution in [0.15, 0.2) is 42.3 Å². The highest BCUT2D eigenvalue weighted by Crippen LogP contribution is 2.35. The van der Waals surface area contributed by atoms with Gasteiger partial charge in [-0.15, -0.1) is 0 Å². The van der Waals surface area contributed by atoms with Crippen molar-refractivity contribution in [3.8, 4) is 5.75 Å². The number of hydrogen-bond acceptors (Lipinski definition) is 6. The average Bonchev–Trinajstić information content (AvgIpc) is 2.58. The number of allylic oxidation sites excluding steroid dienone is 1. The summed E-state index contributed by atoms with van der Waals surface area (Å²) in [5.41, 5.74) is 0.0919. The number of rotatable bonds is 6. The smallest absolute Gasteiger partial charge is 0.211 e. The van der Waals surface area contributed by atoms with E-state index in [-0.39, 0.29) is 24.3 Å². The van der Waals surface area contributed by atoms with Crippen LogP contribution in [0.5, 0.6) is 5.75 Å². The van der Waals surface area contributed by atoms with Crippen LogP contribution >= 0.6 is 0 Å². The molecule has 0 radical (unpaired) electrons. The minimum absolute atomic E-state index is 0.0919. The molecule has 0 saturated heterocycles. The summed E-state index contributed by atoms with van der Waals surface area (Å²) in [6, 6.07) is 8.46. The van der Waals surface area contributed by atoms with Gasteiger partial charge in [-0.25, -0.2) is 13.1 Å². The molecule has 1 aliphatic heterocycles. The Bertz CT molecular complexity index is 808. The van der Waals surface area contributed by atoms with Crippen LogP contribution < -0.4 is 14.8 Å². The Morgan fingerprint density at radius 2 is 1.96 bits per heavy atom. The van der Waals surface area contributed by atoms with Crippen molar-refractivity contribution in [2.24, 2.45) is 5.92 Å². The first kappa shape index (κ1) is 18.4. The van der Waals surface area contributed by atoms with Gasteiger partial charge in [0.1, 0.15) is 29.9 Å². The van der Waals surface area contributed by atoms with Gasteiger partial charge in [0.2, 0.25) is 16.4 Å². The number of para-hydroxylation sites is 1. The third-order valence-electron chi connectivity index (χ3n) is 4.44. The maximum absolute atomic E-state index is 12.6. The van der Waals surface area contributed by atoms with Crippen molar-refractivity contribution in [2.45, 2.75) is 31.1 Å². The number of carbonyl (C=O) groups excluding carboxylic acids is 2. The van der Waals surface area contributed by atoms with Crippen molar-refractivity contribution in [3.63, 3.8) is 0 Å². The molecule has 3 rings (SSSR count). The van der Waals surface area contributed by atoms with Crippen molar-refractivity contribution in [2.75, 3.05) is 6.26 Å². The Hall–Kier alpha value is -2.39. The van der Waals surface area contributed by atoms with Gasteiger partial charge in [0.15, 0.2) is 5.78 Å². The minimum Gasteiger partial charge on any atom is -0.495 e. The summed E-state index contributed by atoms with van der Waals surface area (Å²) in [5.74, 6) is -0.177. The highest BCUT2D eigenvalue weighted by Gasteiger charge is 2.46. The summed E-state index contributed by atoms with van der Waals surface area (Å²) in [7, 11) is -3.46. The molecule has 1 fully saturated rings. The van der Waals surface area contributed by atoms with E-state index in [1.165, 1.54) is 6.26 Å². The van der Waals surface area contributed by atoms with E-state index in [0.29, 0.717) is 12.2 Å². The maximum atomic E-state index is 12.6. The highest BCUT2D eigenvalue weighted by molar-refractivity contribution is 7.88. The van der Waals surface area contributed by atoms with Crippen LogP contribution in [0.1, 0.15) is 12.8 Å². The Morgan fingerprint density at radius 3 is 2.62 bits per heavy atom. The Kier molecular flexibility index (Phi) is 5.28. The Morgan fingerprint density at radius 1 is 1.23 bits per heavy atom. The van der Waals surface area contributed by atoms with Gasteiger partial charge < -0.3 is 14.8 Å². The molecule has 0 spiro atoms. The predicted molar refractivity (Wildman–Crippen MR) is 92.5 cm³/mol. The molecule has 1 heterocycles. The zero-order valence-electron chi connectivity index (χ0n) is 14.1. The van der Waals surface area contributed by atoms with E-state index in [0.717, 1.165) is 6.26 Å². The van der Waals surface area contributed by atoms with Crippen LogP contribution in [0.2, 0.25) is 0 Å². The van der Waals surface area contributed by atoms with Crippen LogP contribution in [0.25, 0.3) is 0 Å². The first-order chi connectivity index (χ1) is 12.4. The minimum atomic E-state index is -3.46. The largest absolute Gasteiger partial charge is 0.495 e. The van der Waals surface area contributed by atoms with Crippen molar-refractivity contribution in [1.29, 1.82) is 0 Å². The van der Waals surface area contributed by atoms with Crippen molar-refractivity contribution in [3.05, 3.63) is 42.3 Å². The second-order valence-electron chi connectivity index (χ2n) is 6.38. The highest BCUT2D eigenvalue weighted by atomic mass is 32.2. The number of nitrogens with one attached hydrogen (secondary N) is 2. The van der Waals surface area contributed by atoms with Crippen LogP contribution in [-0.2, 0) is 24.3 Å². The van der Waals surface area contributed by atoms with Crippen molar-refractivity contribution in [1.82, 2.24) is 10.0 Å². The molecule has 1 aromatic rings. The van der Waals surface area contributed by atoms with Crippen LogP contribution in [0.4, 0.5) is 0 Å². The van der Waals surface area contributed by atoms with E-state index in [4.69, 9.17) is 9.47 Å². The topological polar surface area (TPSA) is 111 Å². The second kappa shape index (κ2) is 7.46. The molecule has 9 heteroatoms. The summed E-state index contributed by atoms with van der Waals surface area (Å²) < 4.78 is 37.6. The number of sulfonamides is 1. The second-order valence-corrected chi connectivity index (χ2v) is 8.16. The van der Waals surface area contributed by atoms with Gasteiger partial charge in [0, 0.05) is 6.42 Å². The monoisotopic (exact) mass is 380 g/mol. The molecule has 1 aliphatic carbocycles. The Balaban J connectivity index is 1.83. The van der Waals surface area contributed by atoms with Gasteiger partial charge in [-0.2, -0.15) is 0 Å². The fourth-order valence-corrected chi connectivity index (χ4v) is 4.14. The van der Waals surface area contributed by atoms with Crippen molar-refractivity contribution < 1.29 is 27.5 Å². The van der Waals surface area contributed by atoms with E-state index in [1.54, 1.807) is 12.1 Å². The standard InChI is InChI=1S/C17H20N2O6S/c1-26(22,23)19-13-8-15-12(17(21)14(9-24-15)18-10-20)7-16(13)25-11-5-3-2-4-6-11/h2-6,9-10,12-13,15-16,19H,7-8H2,1H3,(H,18,20). The van der Waals surface area contributed by atoms with Gasteiger partial charge in [-0.1, -0.05) is 18.2 Å². The molecule has 4 unspecified atom stereocenters. The molecule has 1 saturated carbocycles. The maximum Gasteiger partial charge on any atom is 0.211 e. The molecule has 0 aromatic heterocycles. The summed E-state index contributed by atoms with van der Waals surface area (Å²) in [4.78, 5) is 23.2. The number of carbonyl (C=O) groups is 2. The lowest BCUT2D eigenvalue weighted by Crippen LogP contribution is -2.56. The average molecular weight is 380 g/mol. The van der Waals surface area contributed by atoms with Gasteiger partial charge >= 0.3 is 0 Å². The van der Waals surface area contributed by atoms with E-state index in [2.05, 4.69) is 10.0 Å². The van der Waals surface area contributed by atoms with E-state index < -0.39 is 34.2 Å². The molecule has 1 aromatic carbocycles. The van der Waals surface area contributed by atoms with Gasteiger partial charge in [0.25, 0.3) is 0 Å². The number of hydrogen-bond donors (Lipinski definition) is 2. The molecule has 8 nitrogen and oxygen atoms in total. The number of ether oxygens (including phenoxy) is 2. The van der Waals surface area contributed by atoms with Gasteiger partial charge in [-0.3, -0.25) is 9.59 Å². The third kappa shape index (κ3) is 4.23. The van der Waals surface area contributed by atoms with E-state index in [1.807, 2.05) is 18.2 Å². The molecule has 4 atom stereocenters.